The molecule has 0 radical (unpaired) electrons. The predicted molar refractivity (Wildman–Crippen MR) is 69.3 cm³/mol. The number of nitrogens with zero attached hydrogens (tertiary/aromatic N) is 1. The lowest BCUT2D eigenvalue weighted by molar-refractivity contribution is -0.141. The summed E-state index contributed by atoms with van der Waals surface area (Å²) in [5.41, 5.74) is 0.218. The minimum atomic E-state index is -0.759. The molecular weight excluding hydrogens is 232 g/mol. The van der Waals surface area contributed by atoms with E-state index in [1.165, 1.54) is 0 Å². The Hall–Kier alpha value is -1.10. The van der Waals surface area contributed by atoms with Gasteiger partial charge in [-0.1, -0.05) is 20.8 Å². The van der Waals surface area contributed by atoms with Gasteiger partial charge in [-0.25, -0.2) is 0 Å². The van der Waals surface area contributed by atoms with Crippen molar-refractivity contribution in [2.45, 2.75) is 33.6 Å². The number of carboxylic acids is 1. The van der Waals surface area contributed by atoms with Crippen LogP contribution in [0.2, 0.25) is 0 Å². The molecule has 5 heteroatoms. The maximum atomic E-state index is 11.7. The van der Waals surface area contributed by atoms with Gasteiger partial charge in [0.25, 0.3) is 0 Å². The fraction of sp³-hybridized carbons (Fsp3) is 0.846. The Balaban J connectivity index is 2.20. The first-order valence-electron chi connectivity index (χ1n) is 6.50. The van der Waals surface area contributed by atoms with E-state index in [4.69, 9.17) is 5.11 Å². The van der Waals surface area contributed by atoms with Crippen molar-refractivity contribution in [3.63, 3.8) is 0 Å². The normalized spacial score (nSPS) is 20.9. The van der Waals surface area contributed by atoms with Crippen molar-refractivity contribution in [2.24, 2.45) is 11.3 Å². The smallest absolute Gasteiger partial charge is 0.307 e. The van der Waals surface area contributed by atoms with Gasteiger partial charge in [-0.2, -0.15) is 0 Å². The van der Waals surface area contributed by atoms with E-state index in [9.17, 15) is 9.59 Å². The lowest BCUT2D eigenvalue weighted by Crippen LogP contribution is -2.37. The van der Waals surface area contributed by atoms with Gasteiger partial charge >= 0.3 is 5.97 Å². The van der Waals surface area contributed by atoms with Crippen LogP contribution in [0.25, 0.3) is 0 Å². The van der Waals surface area contributed by atoms with E-state index in [-0.39, 0.29) is 17.2 Å². The fourth-order valence-electron chi connectivity index (χ4n) is 2.01. The number of carbonyl (C=O) groups excluding carboxylic acids is 1. The molecule has 0 aromatic carbocycles. The molecule has 1 amide bonds. The van der Waals surface area contributed by atoms with Crippen molar-refractivity contribution in [2.75, 3.05) is 26.2 Å². The third-order valence-corrected chi connectivity index (χ3v) is 3.19. The highest BCUT2D eigenvalue weighted by molar-refractivity contribution is 5.78. The summed E-state index contributed by atoms with van der Waals surface area (Å²) in [4.78, 5) is 24.4. The second-order valence-corrected chi connectivity index (χ2v) is 6.22. The van der Waals surface area contributed by atoms with Crippen LogP contribution in [-0.2, 0) is 9.59 Å². The van der Waals surface area contributed by atoms with Gasteiger partial charge in [0.15, 0.2) is 0 Å². The third-order valence-electron chi connectivity index (χ3n) is 3.19. The van der Waals surface area contributed by atoms with E-state index in [1.807, 2.05) is 4.90 Å². The van der Waals surface area contributed by atoms with Gasteiger partial charge in [-0.05, 0) is 24.8 Å². The molecular formula is C13H24N2O3. The first-order chi connectivity index (χ1) is 8.28. The van der Waals surface area contributed by atoms with Crippen LogP contribution in [-0.4, -0.2) is 48.1 Å². The van der Waals surface area contributed by atoms with Gasteiger partial charge in [0, 0.05) is 13.1 Å². The van der Waals surface area contributed by atoms with E-state index in [0.29, 0.717) is 32.6 Å². The molecule has 0 aromatic rings. The van der Waals surface area contributed by atoms with Crippen LogP contribution in [0.4, 0.5) is 0 Å². The zero-order valence-electron chi connectivity index (χ0n) is 11.5. The Kier molecular flexibility index (Phi) is 5.14. The molecule has 0 spiro atoms. The first-order valence-corrected chi connectivity index (χ1v) is 6.50. The molecule has 5 nitrogen and oxygen atoms in total. The number of likely N-dealkylation sites (tertiary alicyclic amines) is 1. The summed E-state index contributed by atoms with van der Waals surface area (Å²) in [5.74, 6) is -1.08. The molecule has 1 rings (SSSR count). The van der Waals surface area contributed by atoms with Crippen LogP contribution >= 0.6 is 0 Å². The number of hydrogen-bond acceptors (Lipinski definition) is 3. The average molecular weight is 256 g/mol. The number of carbonyl (C=O) groups is 2. The Labute approximate surface area is 109 Å². The van der Waals surface area contributed by atoms with Gasteiger partial charge in [-0.3, -0.25) is 14.5 Å². The van der Waals surface area contributed by atoms with Crippen molar-refractivity contribution in [3.8, 4) is 0 Å². The molecule has 0 aromatic heterocycles. The van der Waals surface area contributed by atoms with Crippen molar-refractivity contribution in [3.05, 3.63) is 0 Å². The number of rotatable bonds is 5. The SMILES string of the molecule is CC(C)(C)CCNC(=O)CN1CCC(C(=O)O)C1. The largest absolute Gasteiger partial charge is 0.481 e. The summed E-state index contributed by atoms with van der Waals surface area (Å²) in [6.45, 7) is 8.59. The molecule has 0 aliphatic carbocycles. The van der Waals surface area contributed by atoms with E-state index in [2.05, 4.69) is 26.1 Å². The van der Waals surface area contributed by atoms with E-state index in [0.717, 1.165) is 6.42 Å². The molecule has 104 valence electrons. The second-order valence-electron chi connectivity index (χ2n) is 6.22. The molecule has 18 heavy (non-hydrogen) atoms. The van der Waals surface area contributed by atoms with Crippen molar-refractivity contribution in [1.82, 2.24) is 10.2 Å². The quantitative estimate of drug-likeness (QED) is 0.768. The average Bonchev–Trinajstić information content (AvgIpc) is 2.64. The molecule has 1 unspecified atom stereocenters. The number of nitrogens with one attached hydrogen (secondary N) is 1. The lowest BCUT2D eigenvalue weighted by Gasteiger charge is -2.19. The topological polar surface area (TPSA) is 69.6 Å². The molecule has 1 heterocycles. The summed E-state index contributed by atoms with van der Waals surface area (Å²) in [6, 6.07) is 0. The summed E-state index contributed by atoms with van der Waals surface area (Å²) in [5, 5.41) is 11.8. The van der Waals surface area contributed by atoms with Crippen LogP contribution in [0, 0.1) is 11.3 Å². The summed E-state index contributed by atoms with van der Waals surface area (Å²) < 4.78 is 0. The summed E-state index contributed by atoms with van der Waals surface area (Å²) in [7, 11) is 0. The summed E-state index contributed by atoms with van der Waals surface area (Å²) in [6.07, 6.45) is 1.58. The van der Waals surface area contributed by atoms with E-state index < -0.39 is 5.97 Å². The highest BCUT2D eigenvalue weighted by Crippen LogP contribution is 2.17. The Morgan fingerprint density at radius 3 is 2.56 bits per heavy atom. The number of carboxylic acid groups (broad SMARTS) is 1. The van der Waals surface area contributed by atoms with Crippen LogP contribution in [0.3, 0.4) is 0 Å². The molecule has 1 aliphatic rings. The van der Waals surface area contributed by atoms with Gasteiger partial charge in [0.05, 0.1) is 12.5 Å². The van der Waals surface area contributed by atoms with Crippen LogP contribution in [0.1, 0.15) is 33.6 Å². The van der Waals surface area contributed by atoms with E-state index >= 15 is 0 Å². The Morgan fingerprint density at radius 1 is 1.39 bits per heavy atom. The molecule has 0 bridgehead atoms. The van der Waals surface area contributed by atoms with E-state index in [1.54, 1.807) is 0 Å². The van der Waals surface area contributed by atoms with Gasteiger partial charge in [-0.15, -0.1) is 0 Å². The van der Waals surface area contributed by atoms with Crippen LogP contribution < -0.4 is 5.32 Å². The zero-order chi connectivity index (χ0) is 13.8. The summed E-state index contributed by atoms with van der Waals surface area (Å²) >= 11 is 0. The first kappa shape index (κ1) is 15.0. The highest BCUT2D eigenvalue weighted by atomic mass is 16.4. The maximum Gasteiger partial charge on any atom is 0.307 e. The minimum absolute atomic E-state index is 0.00899. The molecule has 0 saturated carbocycles. The highest BCUT2D eigenvalue weighted by Gasteiger charge is 2.28. The number of amides is 1. The molecule has 1 aliphatic heterocycles. The Bertz CT molecular complexity index is 310. The molecule has 1 fully saturated rings. The van der Waals surface area contributed by atoms with Crippen LogP contribution in [0.15, 0.2) is 0 Å². The maximum absolute atomic E-state index is 11.7. The predicted octanol–water partition coefficient (Wildman–Crippen LogP) is 0.945. The minimum Gasteiger partial charge on any atom is -0.481 e. The van der Waals surface area contributed by atoms with Crippen molar-refractivity contribution >= 4 is 11.9 Å². The third kappa shape index (κ3) is 5.49. The van der Waals surface area contributed by atoms with Gasteiger partial charge < -0.3 is 10.4 Å². The van der Waals surface area contributed by atoms with Gasteiger partial charge in [0.1, 0.15) is 0 Å². The molecule has 2 N–H and O–H groups in total. The lowest BCUT2D eigenvalue weighted by atomic mass is 9.92. The zero-order valence-corrected chi connectivity index (χ0v) is 11.5. The fourth-order valence-corrected chi connectivity index (χ4v) is 2.01. The Morgan fingerprint density at radius 2 is 2.06 bits per heavy atom. The van der Waals surface area contributed by atoms with Gasteiger partial charge in [0.2, 0.25) is 5.91 Å². The van der Waals surface area contributed by atoms with Crippen molar-refractivity contribution < 1.29 is 14.7 Å². The van der Waals surface area contributed by atoms with Crippen LogP contribution in [0.5, 0.6) is 0 Å². The number of aliphatic carboxylic acids is 1. The second kappa shape index (κ2) is 6.18. The number of hydrogen-bond donors (Lipinski definition) is 2. The molecule has 1 saturated heterocycles. The monoisotopic (exact) mass is 256 g/mol. The van der Waals surface area contributed by atoms with Crippen molar-refractivity contribution in [1.29, 1.82) is 0 Å². The molecule has 1 atom stereocenters. The standard InChI is InChI=1S/C13H24N2O3/c1-13(2,3)5-6-14-11(16)9-15-7-4-10(8-15)12(17)18/h10H,4-9H2,1-3H3,(H,14,16)(H,17,18).